The molecule has 0 saturated carbocycles. The van der Waals surface area contributed by atoms with Gasteiger partial charge in [-0.1, -0.05) is 60.1 Å². The standard InChI is InChI=1S/C36H36ClNO4/c1-22-15-16-25(17-23(22)2)21-42-36-27(37)18-26(19-32(36)41-3)33-34-28(11-7-13-30(34)39)38(20-24-9-5-4-6-10-24)29-12-8-14-31(40)35(29)33/h4-6,9-10,15-19,33H,7-8,11-14,20-21H2,1-3H3. The van der Waals surface area contributed by atoms with Crippen molar-refractivity contribution in [2.24, 2.45) is 0 Å². The third-order valence-electron chi connectivity index (χ3n) is 8.81. The van der Waals surface area contributed by atoms with E-state index in [2.05, 4.69) is 43.0 Å². The summed E-state index contributed by atoms with van der Waals surface area (Å²) in [6.07, 6.45) is 4.18. The van der Waals surface area contributed by atoms with Gasteiger partial charge in [0, 0.05) is 47.8 Å². The summed E-state index contributed by atoms with van der Waals surface area (Å²) in [6.45, 7) is 5.15. The second-order valence-electron chi connectivity index (χ2n) is 11.5. The second kappa shape index (κ2) is 11.8. The van der Waals surface area contributed by atoms with E-state index in [0.717, 1.165) is 64.9 Å². The average Bonchev–Trinajstić information content (AvgIpc) is 2.99. The van der Waals surface area contributed by atoms with E-state index in [0.29, 0.717) is 42.5 Å². The molecule has 1 aliphatic heterocycles. The molecule has 3 aliphatic rings. The summed E-state index contributed by atoms with van der Waals surface area (Å²) >= 11 is 6.90. The molecule has 0 aromatic heterocycles. The highest BCUT2D eigenvalue weighted by molar-refractivity contribution is 6.32. The molecule has 0 radical (unpaired) electrons. The molecule has 6 heteroatoms. The number of allylic oxidation sites excluding steroid dienone is 4. The first-order chi connectivity index (χ1) is 20.4. The maximum absolute atomic E-state index is 13.7. The van der Waals surface area contributed by atoms with Crippen LogP contribution in [0.4, 0.5) is 0 Å². The summed E-state index contributed by atoms with van der Waals surface area (Å²) in [5.41, 5.74) is 8.95. The van der Waals surface area contributed by atoms with Crippen LogP contribution in [0.2, 0.25) is 5.02 Å². The molecular weight excluding hydrogens is 546 g/mol. The van der Waals surface area contributed by atoms with Crippen LogP contribution in [0.5, 0.6) is 11.5 Å². The quantitative estimate of drug-likeness (QED) is 0.282. The predicted molar refractivity (Wildman–Crippen MR) is 165 cm³/mol. The van der Waals surface area contributed by atoms with Crippen molar-refractivity contribution in [1.29, 1.82) is 0 Å². The highest BCUT2D eigenvalue weighted by atomic mass is 35.5. The van der Waals surface area contributed by atoms with E-state index in [1.165, 1.54) is 11.1 Å². The van der Waals surface area contributed by atoms with E-state index in [4.69, 9.17) is 21.1 Å². The first-order valence-corrected chi connectivity index (χ1v) is 15.1. The minimum atomic E-state index is -0.470. The maximum Gasteiger partial charge on any atom is 0.180 e. The number of rotatable bonds is 7. The first-order valence-electron chi connectivity index (χ1n) is 14.8. The van der Waals surface area contributed by atoms with Gasteiger partial charge in [0.05, 0.1) is 12.1 Å². The van der Waals surface area contributed by atoms with Gasteiger partial charge in [-0.25, -0.2) is 0 Å². The fourth-order valence-corrected chi connectivity index (χ4v) is 6.88. The molecule has 3 aromatic rings. The molecule has 0 bridgehead atoms. The fraction of sp³-hybridized carbons (Fsp3) is 0.333. The average molecular weight is 582 g/mol. The van der Waals surface area contributed by atoms with Crippen LogP contribution in [-0.4, -0.2) is 23.6 Å². The molecule has 216 valence electrons. The largest absolute Gasteiger partial charge is 0.493 e. The molecule has 0 fully saturated rings. The molecule has 0 saturated heterocycles. The van der Waals surface area contributed by atoms with E-state index in [1.54, 1.807) is 7.11 Å². The van der Waals surface area contributed by atoms with Crippen molar-refractivity contribution in [1.82, 2.24) is 4.90 Å². The summed E-state index contributed by atoms with van der Waals surface area (Å²) in [5, 5.41) is 0.399. The van der Waals surface area contributed by atoms with Crippen molar-refractivity contribution in [3.05, 3.63) is 116 Å². The molecule has 0 atom stereocenters. The Kier molecular flexibility index (Phi) is 7.96. The third-order valence-corrected chi connectivity index (χ3v) is 9.09. The lowest BCUT2D eigenvalue weighted by Gasteiger charge is -2.44. The van der Waals surface area contributed by atoms with Crippen molar-refractivity contribution in [2.45, 2.75) is 71.4 Å². The van der Waals surface area contributed by atoms with Gasteiger partial charge >= 0.3 is 0 Å². The van der Waals surface area contributed by atoms with Gasteiger partial charge in [-0.15, -0.1) is 0 Å². The van der Waals surface area contributed by atoms with Gasteiger partial charge < -0.3 is 14.4 Å². The van der Waals surface area contributed by atoms with Crippen LogP contribution in [0, 0.1) is 13.8 Å². The summed E-state index contributed by atoms with van der Waals surface area (Å²) < 4.78 is 12.0. The molecule has 0 N–H and O–H groups in total. The normalized spacial score (nSPS) is 17.4. The number of halogens is 1. The maximum atomic E-state index is 13.7. The lowest BCUT2D eigenvalue weighted by molar-refractivity contribution is -0.117. The minimum absolute atomic E-state index is 0.106. The number of hydrogen-bond acceptors (Lipinski definition) is 5. The van der Waals surface area contributed by atoms with Gasteiger partial charge in [0.1, 0.15) is 6.61 Å². The number of hydrogen-bond donors (Lipinski definition) is 0. The van der Waals surface area contributed by atoms with Gasteiger partial charge in [0.25, 0.3) is 0 Å². The van der Waals surface area contributed by atoms with Gasteiger partial charge in [0.15, 0.2) is 23.1 Å². The van der Waals surface area contributed by atoms with Gasteiger partial charge in [0.2, 0.25) is 0 Å². The zero-order valence-electron chi connectivity index (χ0n) is 24.5. The number of carbonyl (C=O) groups excluding carboxylic acids is 2. The van der Waals surface area contributed by atoms with E-state index < -0.39 is 5.92 Å². The Bertz CT molecular complexity index is 1580. The van der Waals surface area contributed by atoms with Crippen LogP contribution in [0.15, 0.2) is 83.2 Å². The number of ether oxygens (including phenoxy) is 2. The molecule has 0 amide bonds. The van der Waals surface area contributed by atoms with Gasteiger partial charge in [-0.2, -0.15) is 0 Å². The molecule has 0 spiro atoms. The Hall–Kier alpha value is -3.83. The lowest BCUT2D eigenvalue weighted by Crippen LogP contribution is -2.38. The van der Waals surface area contributed by atoms with Crippen molar-refractivity contribution in [3.63, 3.8) is 0 Å². The topological polar surface area (TPSA) is 55.8 Å². The van der Waals surface area contributed by atoms with Crippen molar-refractivity contribution in [2.75, 3.05) is 7.11 Å². The van der Waals surface area contributed by atoms with Gasteiger partial charge in [-0.3, -0.25) is 9.59 Å². The Morgan fingerprint density at radius 2 is 1.48 bits per heavy atom. The van der Waals surface area contributed by atoms with Crippen molar-refractivity contribution in [3.8, 4) is 11.5 Å². The second-order valence-corrected chi connectivity index (χ2v) is 11.9. The van der Waals surface area contributed by atoms with E-state index in [1.807, 2.05) is 36.4 Å². The molecular formula is C36H36ClNO4. The number of ketones is 2. The third kappa shape index (κ3) is 5.27. The monoisotopic (exact) mass is 581 g/mol. The molecule has 2 aliphatic carbocycles. The van der Waals surface area contributed by atoms with Gasteiger partial charge in [-0.05, 0) is 79.5 Å². The number of carbonyl (C=O) groups is 2. The number of aryl methyl sites for hydroxylation is 2. The smallest absolute Gasteiger partial charge is 0.180 e. The number of benzene rings is 3. The summed E-state index contributed by atoms with van der Waals surface area (Å²) in [4.78, 5) is 29.7. The SMILES string of the molecule is COc1cc(C2C3=C(CCCC3=O)N(Cc3ccccc3)C3=C2C(=O)CCC3)cc(Cl)c1OCc1ccc(C)c(C)c1. The van der Waals surface area contributed by atoms with Crippen LogP contribution >= 0.6 is 11.6 Å². The molecule has 6 rings (SSSR count). The summed E-state index contributed by atoms with van der Waals surface area (Å²) in [5.74, 6) is 0.687. The molecule has 0 unspecified atom stereocenters. The molecule has 5 nitrogen and oxygen atoms in total. The van der Waals surface area contributed by atoms with Crippen molar-refractivity contribution < 1.29 is 19.1 Å². The Morgan fingerprint density at radius 1 is 0.810 bits per heavy atom. The van der Waals surface area contributed by atoms with Crippen LogP contribution in [0.25, 0.3) is 0 Å². The number of Topliss-reactive ketones (excluding diaryl/α,β-unsaturated/α-hetero) is 2. The van der Waals surface area contributed by atoms with E-state index in [9.17, 15) is 9.59 Å². The highest BCUT2D eigenvalue weighted by Gasteiger charge is 2.43. The lowest BCUT2D eigenvalue weighted by atomic mass is 9.71. The van der Waals surface area contributed by atoms with E-state index in [-0.39, 0.29) is 11.6 Å². The Morgan fingerprint density at radius 3 is 2.10 bits per heavy atom. The summed E-state index contributed by atoms with van der Waals surface area (Å²) in [7, 11) is 1.59. The van der Waals surface area contributed by atoms with Crippen LogP contribution in [-0.2, 0) is 22.7 Å². The zero-order valence-corrected chi connectivity index (χ0v) is 25.2. The first kappa shape index (κ1) is 28.3. The molecule has 3 aromatic carbocycles. The van der Waals surface area contributed by atoms with Crippen molar-refractivity contribution >= 4 is 23.2 Å². The number of methoxy groups -OCH3 is 1. The Labute approximate surface area is 252 Å². The zero-order chi connectivity index (χ0) is 29.4. The fourth-order valence-electron chi connectivity index (χ4n) is 6.60. The minimum Gasteiger partial charge on any atom is -0.493 e. The Balaban J connectivity index is 1.43. The van der Waals surface area contributed by atoms with E-state index >= 15 is 0 Å². The van der Waals surface area contributed by atoms with Crippen LogP contribution in [0.3, 0.4) is 0 Å². The molecule has 1 heterocycles. The number of nitrogens with zero attached hydrogens (tertiary/aromatic N) is 1. The van der Waals surface area contributed by atoms with Crippen LogP contribution < -0.4 is 9.47 Å². The summed E-state index contributed by atoms with van der Waals surface area (Å²) in [6, 6.07) is 20.3. The van der Waals surface area contributed by atoms with Crippen LogP contribution in [0.1, 0.15) is 72.3 Å². The highest BCUT2D eigenvalue weighted by Crippen LogP contribution is 2.51. The predicted octanol–water partition coefficient (Wildman–Crippen LogP) is 8.16. The molecule has 42 heavy (non-hydrogen) atoms.